The van der Waals surface area contributed by atoms with Gasteiger partial charge in [-0.15, -0.1) is 0 Å². The van der Waals surface area contributed by atoms with Crippen LogP contribution in [-0.2, 0) is 0 Å². The number of phenolic OH excluding ortho intramolecular Hbond substituents is 1. The van der Waals surface area contributed by atoms with Crippen LogP contribution in [0.4, 0.5) is 0 Å². The minimum atomic E-state index is -0.0222. The van der Waals surface area contributed by atoms with Crippen molar-refractivity contribution in [3.8, 4) is 5.75 Å². The molecule has 1 saturated heterocycles. The SMILES string of the molecule is Cc1cccc(C(=O)N(CC2CCCCN2)C2CC2)c1O. The van der Waals surface area contributed by atoms with Crippen molar-refractivity contribution in [2.45, 2.75) is 51.1 Å². The Morgan fingerprint density at radius 1 is 1.33 bits per heavy atom. The second-order valence-corrected chi connectivity index (χ2v) is 6.31. The molecule has 0 aromatic heterocycles. The number of aryl methyl sites for hydroxylation is 1. The number of piperidine rings is 1. The first-order valence-electron chi connectivity index (χ1n) is 8.00. The lowest BCUT2D eigenvalue weighted by atomic mass is 10.0. The summed E-state index contributed by atoms with van der Waals surface area (Å²) in [5.74, 6) is 0.107. The predicted octanol–water partition coefficient (Wildman–Crippen LogP) is 2.45. The molecular formula is C17H24N2O2. The van der Waals surface area contributed by atoms with Crippen LogP contribution in [0.25, 0.3) is 0 Å². The molecule has 1 atom stereocenters. The van der Waals surface area contributed by atoms with E-state index in [1.165, 1.54) is 12.8 Å². The maximum absolute atomic E-state index is 12.8. The highest BCUT2D eigenvalue weighted by Gasteiger charge is 2.35. The highest BCUT2D eigenvalue weighted by atomic mass is 16.3. The molecule has 4 heteroatoms. The molecule has 0 spiro atoms. The van der Waals surface area contributed by atoms with Gasteiger partial charge in [0.2, 0.25) is 0 Å². The fourth-order valence-electron chi connectivity index (χ4n) is 3.09. The third-order valence-corrected chi connectivity index (χ3v) is 4.55. The molecule has 2 N–H and O–H groups in total. The molecule has 1 heterocycles. The lowest BCUT2D eigenvalue weighted by molar-refractivity contribution is 0.0714. The molecular weight excluding hydrogens is 264 g/mol. The van der Waals surface area contributed by atoms with Crippen LogP contribution in [0.5, 0.6) is 5.75 Å². The van der Waals surface area contributed by atoms with Crippen molar-refractivity contribution in [1.82, 2.24) is 10.2 Å². The molecule has 2 aliphatic rings. The largest absolute Gasteiger partial charge is 0.507 e. The van der Waals surface area contributed by atoms with Crippen molar-refractivity contribution in [3.05, 3.63) is 29.3 Å². The third-order valence-electron chi connectivity index (χ3n) is 4.55. The van der Waals surface area contributed by atoms with Gasteiger partial charge in [0.05, 0.1) is 5.56 Å². The Bertz CT molecular complexity index is 520. The van der Waals surface area contributed by atoms with Gasteiger partial charge in [-0.3, -0.25) is 4.79 Å². The summed E-state index contributed by atoms with van der Waals surface area (Å²) in [6.45, 7) is 3.64. The first-order valence-corrected chi connectivity index (χ1v) is 8.00. The number of hydrogen-bond donors (Lipinski definition) is 2. The fourth-order valence-corrected chi connectivity index (χ4v) is 3.09. The number of benzene rings is 1. The standard InChI is InChI=1S/C17H24N2O2/c1-12-5-4-7-15(16(12)20)17(21)19(14-8-9-14)11-13-6-2-3-10-18-13/h4-5,7,13-14,18,20H,2-3,6,8-11H2,1H3. The summed E-state index contributed by atoms with van der Waals surface area (Å²) in [4.78, 5) is 14.8. The predicted molar refractivity (Wildman–Crippen MR) is 82.5 cm³/mol. The van der Waals surface area contributed by atoms with Crippen LogP contribution in [0, 0.1) is 6.92 Å². The van der Waals surface area contributed by atoms with Gasteiger partial charge in [-0.1, -0.05) is 18.6 Å². The number of hydrogen-bond acceptors (Lipinski definition) is 3. The Morgan fingerprint density at radius 2 is 2.14 bits per heavy atom. The second-order valence-electron chi connectivity index (χ2n) is 6.31. The molecule has 3 rings (SSSR count). The zero-order valence-electron chi connectivity index (χ0n) is 12.6. The van der Waals surface area contributed by atoms with Crippen molar-refractivity contribution in [2.75, 3.05) is 13.1 Å². The number of rotatable bonds is 4. The second kappa shape index (κ2) is 6.06. The van der Waals surface area contributed by atoms with E-state index in [1.54, 1.807) is 6.07 Å². The third kappa shape index (κ3) is 3.21. The molecule has 21 heavy (non-hydrogen) atoms. The molecule has 1 aromatic rings. The summed E-state index contributed by atoms with van der Waals surface area (Å²) in [6, 6.07) is 6.16. The number of carbonyl (C=O) groups is 1. The lowest BCUT2D eigenvalue weighted by Gasteiger charge is -2.31. The average molecular weight is 288 g/mol. The quantitative estimate of drug-likeness (QED) is 0.895. The van der Waals surface area contributed by atoms with Gasteiger partial charge in [-0.25, -0.2) is 0 Å². The van der Waals surface area contributed by atoms with Gasteiger partial charge in [-0.2, -0.15) is 0 Å². The van der Waals surface area contributed by atoms with Crippen molar-refractivity contribution in [1.29, 1.82) is 0 Å². The molecule has 4 nitrogen and oxygen atoms in total. The minimum Gasteiger partial charge on any atom is -0.507 e. The van der Waals surface area contributed by atoms with Crippen LogP contribution >= 0.6 is 0 Å². The maximum Gasteiger partial charge on any atom is 0.257 e. The number of carbonyl (C=O) groups excluding carboxylic acids is 1. The Balaban J connectivity index is 1.76. The number of phenols is 1. The molecule has 1 unspecified atom stereocenters. The summed E-state index contributed by atoms with van der Waals surface area (Å²) in [7, 11) is 0. The summed E-state index contributed by atoms with van der Waals surface area (Å²) in [5.41, 5.74) is 1.20. The molecule has 0 bridgehead atoms. The van der Waals surface area contributed by atoms with Gasteiger partial charge >= 0.3 is 0 Å². The van der Waals surface area contributed by atoms with E-state index in [0.717, 1.165) is 37.9 Å². The molecule has 1 saturated carbocycles. The van der Waals surface area contributed by atoms with Crippen LogP contribution < -0.4 is 5.32 Å². The smallest absolute Gasteiger partial charge is 0.257 e. The van der Waals surface area contributed by atoms with E-state index in [4.69, 9.17) is 0 Å². The van der Waals surface area contributed by atoms with Gasteiger partial charge in [0.1, 0.15) is 5.75 Å². The van der Waals surface area contributed by atoms with Crippen LogP contribution in [0.15, 0.2) is 18.2 Å². The van der Waals surface area contributed by atoms with Gasteiger partial charge < -0.3 is 15.3 Å². The Kier molecular flexibility index (Phi) is 4.15. The van der Waals surface area contributed by atoms with Gasteiger partial charge in [0.25, 0.3) is 5.91 Å². The van der Waals surface area contributed by atoms with E-state index in [1.807, 2.05) is 24.0 Å². The molecule has 1 aromatic carbocycles. The van der Waals surface area contributed by atoms with E-state index in [9.17, 15) is 9.90 Å². The van der Waals surface area contributed by atoms with Crippen molar-refractivity contribution < 1.29 is 9.90 Å². The molecule has 1 aliphatic carbocycles. The van der Waals surface area contributed by atoms with E-state index in [-0.39, 0.29) is 11.7 Å². The fraction of sp³-hybridized carbons (Fsp3) is 0.588. The average Bonchev–Trinajstić information content (AvgIpc) is 3.33. The van der Waals surface area contributed by atoms with E-state index in [2.05, 4.69) is 5.32 Å². The van der Waals surface area contributed by atoms with E-state index in [0.29, 0.717) is 17.6 Å². The van der Waals surface area contributed by atoms with Crippen molar-refractivity contribution in [2.24, 2.45) is 0 Å². The monoisotopic (exact) mass is 288 g/mol. The van der Waals surface area contributed by atoms with Crippen LogP contribution in [0.3, 0.4) is 0 Å². The van der Waals surface area contributed by atoms with Crippen molar-refractivity contribution in [3.63, 3.8) is 0 Å². The molecule has 1 aliphatic heterocycles. The Hall–Kier alpha value is -1.55. The topological polar surface area (TPSA) is 52.6 Å². The van der Waals surface area contributed by atoms with Gasteiger partial charge in [0.15, 0.2) is 0 Å². The lowest BCUT2D eigenvalue weighted by Crippen LogP contribution is -2.46. The summed E-state index contributed by atoms with van der Waals surface area (Å²) in [6.07, 6.45) is 5.78. The van der Waals surface area contributed by atoms with Crippen LogP contribution in [0.2, 0.25) is 0 Å². The number of nitrogens with one attached hydrogen (secondary N) is 1. The Labute approximate surface area is 126 Å². The number of aromatic hydroxyl groups is 1. The van der Waals surface area contributed by atoms with E-state index >= 15 is 0 Å². The van der Waals surface area contributed by atoms with E-state index < -0.39 is 0 Å². The Morgan fingerprint density at radius 3 is 2.81 bits per heavy atom. The molecule has 0 radical (unpaired) electrons. The van der Waals surface area contributed by atoms with Crippen molar-refractivity contribution >= 4 is 5.91 Å². The van der Waals surface area contributed by atoms with Gasteiger partial charge in [-0.05, 0) is 50.8 Å². The normalized spacial score (nSPS) is 22.0. The number of amides is 1. The first kappa shape index (κ1) is 14.4. The molecule has 1 amide bonds. The zero-order chi connectivity index (χ0) is 14.8. The van der Waals surface area contributed by atoms with Crippen LogP contribution in [0.1, 0.15) is 48.0 Å². The summed E-state index contributed by atoms with van der Waals surface area (Å²) < 4.78 is 0. The highest BCUT2D eigenvalue weighted by molar-refractivity contribution is 5.97. The molecule has 114 valence electrons. The molecule has 2 fully saturated rings. The number of para-hydroxylation sites is 1. The van der Waals surface area contributed by atoms with Gasteiger partial charge in [0, 0.05) is 18.6 Å². The highest BCUT2D eigenvalue weighted by Crippen LogP contribution is 2.31. The minimum absolute atomic E-state index is 0.0222. The summed E-state index contributed by atoms with van der Waals surface area (Å²) in [5, 5.41) is 13.7. The summed E-state index contributed by atoms with van der Waals surface area (Å²) >= 11 is 0. The maximum atomic E-state index is 12.8. The van der Waals surface area contributed by atoms with Crippen LogP contribution in [-0.4, -0.2) is 41.1 Å². The number of nitrogens with zero attached hydrogens (tertiary/aromatic N) is 1. The zero-order valence-corrected chi connectivity index (χ0v) is 12.6. The first-order chi connectivity index (χ1) is 10.2.